The quantitative estimate of drug-likeness (QED) is 0.774. The van der Waals surface area contributed by atoms with Gasteiger partial charge < -0.3 is 10.4 Å². The van der Waals surface area contributed by atoms with E-state index in [1.54, 1.807) is 6.07 Å². The first-order valence-electron chi connectivity index (χ1n) is 4.89. The molecule has 2 N–H and O–H groups in total. The van der Waals surface area contributed by atoms with E-state index in [2.05, 4.69) is 15.3 Å². The van der Waals surface area contributed by atoms with Gasteiger partial charge in [0.25, 0.3) is 0 Å². The highest BCUT2D eigenvalue weighted by Crippen LogP contribution is 2.16. The number of nitrogens with zero attached hydrogens (tertiary/aromatic N) is 2. The van der Waals surface area contributed by atoms with Crippen molar-refractivity contribution < 1.29 is 5.11 Å². The highest BCUT2D eigenvalue weighted by Gasteiger charge is 2.16. The topological polar surface area (TPSA) is 58.0 Å². The van der Waals surface area contributed by atoms with Gasteiger partial charge in [0.05, 0.1) is 12.1 Å². The van der Waals surface area contributed by atoms with Crippen LogP contribution in [0.4, 0.5) is 5.82 Å². The Labute approximate surface area is 94.7 Å². The van der Waals surface area contributed by atoms with Gasteiger partial charge in [-0.3, -0.25) is 0 Å². The minimum atomic E-state index is -0.414. The first-order valence-corrected chi connectivity index (χ1v) is 5.27. The van der Waals surface area contributed by atoms with Crippen molar-refractivity contribution in [2.45, 2.75) is 32.7 Å². The molecule has 1 heterocycles. The van der Waals surface area contributed by atoms with Crippen LogP contribution in [-0.2, 0) is 6.42 Å². The molecule has 1 rings (SSSR count). The number of hydrogen-bond acceptors (Lipinski definition) is 4. The summed E-state index contributed by atoms with van der Waals surface area (Å²) >= 11 is 5.85. The summed E-state index contributed by atoms with van der Waals surface area (Å²) in [5.74, 6) is 1.34. The third-order valence-corrected chi connectivity index (χ3v) is 2.11. The molecule has 0 radical (unpaired) electrons. The maximum Gasteiger partial charge on any atom is 0.134 e. The Morgan fingerprint density at radius 3 is 2.67 bits per heavy atom. The van der Waals surface area contributed by atoms with Crippen LogP contribution in [0, 0.1) is 0 Å². The van der Waals surface area contributed by atoms with Gasteiger partial charge in [0, 0.05) is 12.5 Å². The van der Waals surface area contributed by atoms with Gasteiger partial charge in [0.1, 0.15) is 16.8 Å². The number of hydrogen-bond donors (Lipinski definition) is 2. The summed E-state index contributed by atoms with van der Waals surface area (Å²) in [6, 6.07) is 1.65. The number of aromatic nitrogens is 2. The molecule has 84 valence electrons. The number of aliphatic hydroxyl groups is 1. The van der Waals surface area contributed by atoms with Gasteiger partial charge in [-0.1, -0.05) is 18.5 Å². The van der Waals surface area contributed by atoms with Crippen LogP contribution in [-0.4, -0.2) is 27.2 Å². The maximum atomic E-state index is 9.11. The Hall–Kier alpha value is -0.870. The second kappa shape index (κ2) is 4.77. The van der Waals surface area contributed by atoms with Crippen LogP contribution >= 0.6 is 11.6 Å². The predicted molar refractivity (Wildman–Crippen MR) is 61.2 cm³/mol. The van der Waals surface area contributed by atoms with Crippen LogP contribution in [0.3, 0.4) is 0 Å². The molecule has 0 atom stereocenters. The molecule has 15 heavy (non-hydrogen) atoms. The minimum absolute atomic E-state index is 0.0239. The van der Waals surface area contributed by atoms with Crippen LogP contribution in [0.5, 0.6) is 0 Å². The molecule has 0 aliphatic carbocycles. The first kappa shape index (κ1) is 12.2. The standard InChI is InChI=1S/C10H16ClN3O/c1-4-8-12-7(11)5-9(13-8)14-10(2,3)6-15/h5,15H,4,6H2,1-3H3,(H,12,13,14). The molecule has 0 aliphatic heterocycles. The van der Waals surface area contributed by atoms with E-state index in [1.165, 1.54) is 0 Å². The van der Waals surface area contributed by atoms with Gasteiger partial charge in [-0.05, 0) is 13.8 Å². The lowest BCUT2D eigenvalue weighted by Gasteiger charge is -2.24. The average Bonchev–Trinajstić information content (AvgIpc) is 2.16. The van der Waals surface area contributed by atoms with Gasteiger partial charge in [-0.2, -0.15) is 0 Å². The minimum Gasteiger partial charge on any atom is -0.394 e. The van der Waals surface area contributed by atoms with Crippen molar-refractivity contribution in [2.75, 3.05) is 11.9 Å². The number of rotatable bonds is 4. The Balaban J connectivity index is 2.90. The van der Waals surface area contributed by atoms with Gasteiger partial charge in [0.15, 0.2) is 0 Å². The molecule has 4 nitrogen and oxygen atoms in total. The Morgan fingerprint density at radius 1 is 1.47 bits per heavy atom. The number of nitrogens with one attached hydrogen (secondary N) is 1. The fraction of sp³-hybridized carbons (Fsp3) is 0.600. The molecule has 0 spiro atoms. The van der Waals surface area contributed by atoms with E-state index in [0.29, 0.717) is 16.8 Å². The summed E-state index contributed by atoms with van der Waals surface area (Å²) in [5.41, 5.74) is -0.414. The monoisotopic (exact) mass is 229 g/mol. The van der Waals surface area contributed by atoms with Crippen LogP contribution < -0.4 is 5.32 Å². The van der Waals surface area contributed by atoms with Crippen molar-refractivity contribution >= 4 is 17.4 Å². The zero-order valence-corrected chi connectivity index (χ0v) is 9.97. The molecule has 0 saturated heterocycles. The van der Waals surface area contributed by atoms with Crippen LogP contribution in [0.25, 0.3) is 0 Å². The van der Waals surface area contributed by atoms with Crippen molar-refractivity contribution in [2.24, 2.45) is 0 Å². The molecule has 0 aliphatic rings. The van der Waals surface area contributed by atoms with Gasteiger partial charge in [-0.25, -0.2) is 9.97 Å². The molecule has 1 aromatic rings. The summed E-state index contributed by atoms with van der Waals surface area (Å²) < 4.78 is 0. The number of halogens is 1. The molecule has 0 saturated carbocycles. The molecule has 0 unspecified atom stereocenters. The van der Waals surface area contributed by atoms with Gasteiger partial charge in [0.2, 0.25) is 0 Å². The molecule has 0 fully saturated rings. The lowest BCUT2D eigenvalue weighted by molar-refractivity contribution is 0.234. The molecule has 1 aromatic heterocycles. The smallest absolute Gasteiger partial charge is 0.134 e. The van der Waals surface area contributed by atoms with Crippen LogP contribution in [0.2, 0.25) is 5.15 Å². The molecular weight excluding hydrogens is 214 g/mol. The van der Waals surface area contributed by atoms with E-state index in [1.807, 2.05) is 20.8 Å². The van der Waals surface area contributed by atoms with E-state index < -0.39 is 5.54 Å². The summed E-state index contributed by atoms with van der Waals surface area (Å²) in [5, 5.41) is 12.6. The van der Waals surface area contributed by atoms with Crippen molar-refractivity contribution in [1.29, 1.82) is 0 Å². The van der Waals surface area contributed by atoms with Crippen molar-refractivity contribution in [1.82, 2.24) is 9.97 Å². The largest absolute Gasteiger partial charge is 0.394 e. The maximum absolute atomic E-state index is 9.11. The zero-order valence-electron chi connectivity index (χ0n) is 9.21. The number of aryl methyl sites for hydroxylation is 1. The van der Waals surface area contributed by atoms with E-state index in [4.69, 9.17) is 16.7 Å². The molecule has 0 bridgehead atoms. The molecular formula is C10H16ClN3O. The number of aliphatic hydroxyl groups excluding tert-OH is 1. The fourth-order valence-electron chi connectivity index (χ4n) is 1.07. The Bertz CT molecular complexity index is 341. The zero-order chi connectivity index (χ0) is 11.5. The molecule has 0 amide bonds. The van der Waals surface area contributed by atoms with Gasteiger partial charge >= 0.3 is 0 Å². The third-order valence-electron chi connectivity index (χ3n) is 1.92. The highest BCUT2D eigenvalue weighted by molar-refractivity contribution is 6.29. The predicted octanol–water partition coefficient (Wildman–Crippen LogP) is 1.88. The first-order chi connectivity index (χ1) is 6.96. The summed E-state index contributed by atoms with van der Waals surface area (Å²) in [7, 11) is 0. The van der Waals surface area contributed by atoms with E-state index in [0.717, 1.165) is 6.42 Å². The van der Waals surface area contributed by atoms with Crippen LogP contribution in [0.15, 0.2) is 6.07 Å². The second-order valence-corrected chi connectivity index (χ2v) is 4.40. The summed E-state index contributed by atoms with van der Waals surface area (Å²) in [6.07, 6.45) is 0.731. The van der Waals surface area contributed by atoms with Crippen molar-refractivity contribution in [3.63, 3.8) is 0 Å². The lowest BCUT2D eigenvalue weighted by atomic mass is 10.1. The summed E-state index contributed by atoms with van der Waals surface area (Å²) in [4.78, 5) is 8.33. The Morgan fingerprint density at radius 2 is 2.13 bits per heavy atom. The number of anilines is 1. The highest BCUT2D eigenvalue weighted by atomic mass is 35.5. The van der Waals surface area contributed by atoms with E-state index in [9.17, 15) is 0 Å². The van der Waals surface area contributed by atoms with E-state index >= 15 is 0 Å². The van der Waals surface area contributed by atoms with Gasteiger partial charge in [-0.15, -0.1) is 0 Å². The lowest BCUT2D eigenvalue weighted by Crippen LogP contribution is -2.35. The van der Waals surface area contributed by atoms with Crippen LogP contribution in [0.1, 0.15) is 26.6 Å². The van der Waals surface area contributed by atoms with Crippen molar-refractivity contribution in [3.8, 4) is 0 Å². The summed E-state index contributed by atoms with van der Waals surface area (Å²) in [6.45, 7) is 5.76. The average molecular weight is 230 g/mol. The fourth-order valence-corrected chi connectivity index (χ4v) is 1.27. The third kappa shape index (κ3) is 3.64. The molecule has 0 aromatic carbocycles. The normalized spacial score (nSPS) is 11.5. The van der Waals surface area contributed by atoms with Crippen molar-refractivity contribution in [3.05, 3.63) is 17.0 Å². The second-order valence-electron chi connectivity index (χ2n) is 4.01. The molecule has 5 heteroatoms. The Kier molecular flexibility index (Phi) is 3.88. The van der Waals surface area contributed by atoms with E-state index in [-0.39, 0.29) is 6.61 Å². The SMILES string of the molecule is CCc1nc(Cl)cc(NC(C)(C)CO)n1.